The number of rotatable bonds is 10. The lowest BCUT2D eigenvalue weighted by molar-refractivity contribution is -0.139. The Hall–Kier alpha value is -4.02. The molecule has 2 aromatic heterocycles. The highest BCUT2D eigenvalue weighted by molar-refractivity contribution is 5.98. The lowest BCUT2D eigenvalue weighted by atomic mass is 10.1. The largest absolute Gasteiger partial charge is 0.480 e. The number of nitrogens with zero attached hydrogens (tertiary/aromatic N) is 3. The number of anilines is 1. The molecule has 0 bridgehead atoms. The van der Waals surface area contributed by atoms with E-state index in [1.54, 1.807) is 13.8 Å². The van der Waals surface area contributed by atoms with Crippen LogP contribution in [0, 0.1) is 13.8 Å². The quantitative estimate of drug-likeness (QED) is 0.287. The third kappa shape index (κ3) is 6.03. The highest BCUT2D eigenvalue weighted by Crippen LogP contribution is 2.18. The smallest absolute Gasteiger partial charge is 0.328 e. The number of aryl methyl sites for hydroxylation is 3. The molecule has 11 nitrogen and oxygen atoms in total. The summed E-state index contributed by atoms with van der Waals surface area (Å²) in [7, 11) is 0. The first-order valence-electron chi connectivity index (χ1n) is 10.5. The molecule has 174 valence electrons. The van der Waals surface area contributed by atoms with Crippen LogP contribution in [0.4, 0.5) is 5.95 Å². The third-order valence-electron chi connectivity index (χ3n) is 5.14. The third-order valence-corrected chi connectivity index (χ3v) is 5.14. The van der Waals surface area contributed by atoms with Crippen molar-refractivity contribution in [2.45, 2.75) is 39.7 Å². The van der Waals surface area contributed by atoms with Gasteiger partial charge in [0.1, 0.15) is 6.04 Å². The molecule has 0 aliphatic carbocycles. The van der Waals surface area contributed by atoms with Crippen molar-refractivity contribution in [3.05, 3.63) is 46.9 Å². The van der Waals surface area contributed by atoms with Gasteiger partial charge in [-0.15, -0.1) is 0 Å². The van der Waals surface area contributed by atoms with Crippen molar-refractivity contribution in [2.24, 2.45) is 0 Å². The molecule has 0 aliphatic rings. The predicted molar refractivity (Wildman–Crippen MR) is 122 cm³/mol. The first-order chi connectivity index (χ1) is 15.8. The predicted octanol–water partition coefficient (Wildman–Crippen LogP) is 1.33. The van der Waals surface area contributed by atoms with E-state index in [-0.39, 0.29) is 18.0 Å². The molecule has 3 rings (SSSR count). The Morgan fingerprint density at radius 2 is 1.88 bits per heavy atom. The van der Waals surface area contributed by atoms with Gasteiger partial charge in [-0.25, -0.2) is 14.8 Å². The van der Waals surface area contributed by atoms with E-state index in [1.165, 1.54) is 12.5 Å². The second-order valence-corrected chi connectivity index (χ2v) is 7.67. The van der Waals surface area contributed by atoms with Gasteiger partial charge in [0.2, 0.25) is 11.9 Å². The number of aliphatic carboxylic acids is 1. The van der Waals surface area contributed by atoms with Crippen LogP contribution in [0.1, 0.15) is 40.7 Å². The molecule has 0 unspecified atom stereocenters. The van der Waals surface area contributed by atoms with Crippen molar-refractivity contribution < 1.29 is 19.5 Å². The number of hydrogen-bond donors (Lipinski definition) is 5. The van der Waals surface area contributed by atoms with Crippen molar-refractivity contribution in [1.29, 1.82) is 0 Å². The normalized spacial score (nSPS) is 11.7. The van der Waals surface area contributed by atoms with Gasteiger partial charge in [0, 0.05) is 25.4 Å². The number of nitrogens with one attached hydrogen (secondary N) is 4. The van der Waals surface area contributed by atoms with Gasteiger partial charge in [0.25, 0.3) is 5.91 Å². The van der Waals surface area contributed by atoms with Gasteiger partial charge < -0.3 is 21.1 Å². The number of amides is 2. The summed E-state index contributed by atoms with van der Waals surface area (Å²) in [6, 6.07) is 4.79. The zero-order valence-electron chi connectivity index (χ0n) is 18.7. The summed E-state index contributed by atoms with van der Waals surface area (Å²) in [6.07, 6.45) is 3.52. The first-order valence-corrected chi connectivity index (χ1v) is 10.5. The molecule has 2 heterocycles. The van der Waals surface area contributed by atoms with Crippen LogP contribution < -0.4 is 16.0 Å². The zero-order valence-corrected chi connectivity index (χ0v) is 18.7. The number of carbonyl (C=O) groups excluding carboxylic acids is 2. The van der Waals surface area contributed by atoms with Gasteiger partial charge in [0.05, 0.1) is 28.7 Å². The monoisotopic (exact) mass is 453 g/mol. The Morgan fingerprint density at radius 3 is 2.55 bits per heavy atom. The Morgan fingerprint density at radius 1 is 1.15 bits per heavy atom. The van der Waals surface area contributed by atoms with E-state index >= 15 is 0 Å². The molecular formula is C22H27N7O4. The van der Waals surface area contributed by atoms with E-state index in [2.05, 4.69) is 42.2 Å². The number of carboxylic acid groups (broad SMARTS) is 1. The second-order valence-electron chi connectivity index (χ2n) is 7.67. The van der Waals surface area contributed by atoms with Gasteiger partial charge in [-0.3, -0.25) is 14.7 Å². The average molecular weight is 454 g/mol. The summed E-state index contributed by atoms with van der Waals surface area (Å²) in [5.74, 6) is -1.85. The van der Waals surface area contributed by atoms with Crippen LogP contribution >= 0.6 is 0 Å². The fourth-order valence-electron chi connectivity index (χ4n) is 3.53. The van der Waals surface area contributed by atoms with E-state index in [9.17, 15) is 19.5 Å². The number of benzene rings is 1. The summed E-state index contributed by atoms with van der Waals surface area (Å²) < 4.78 is 0. The minimum atomic E-state index is -1.27. The average Bonchev–Trinajstić information content (AvgIpc) is 3.23. The highest BCUT2D eigenvalue weighted by atomic mass is 16.4. The van der Waals surface area contributed by atoms with Crippen LogP contribution in [0.5, 0.6) is 0 Å². The zero-order chi connectivity index (χ0) is 24.0. The Kier molecular flexibility index (Phi) is 7.54. The minimum absolute atomic E-state index is 0.210. The number of carboxylic acids is 1. The minimum Gasteiger partial charge on any atom is -0.480 e. The SMILES string of the molecule is CC(=O)NC[C@H](NC(=O)c1c(C)nc(NCCCc2cccc3[nH]ncc23)nc1C)C(=O)O. The van der Waals surface area contributed by atoms with Gasteiger partial charge in [-0.05, 0) is 38.3 Å². The van der Waals surface area contributed by atoms with E-state index in [1.807, 2.05) is 18.3 Å². The number of carbonyl (C=O) groups is 3. The molecule has 0 saturated carbocycles. The maximum atomic E-state index is 12.7. The maximum absolute atomic E-state index is 12.7. The van der Waals surface area contributed by atoms with E-state index in [0.29, 0.717) is 23.9 Å². The fraction of sp³-hybridized carbons (Fsp3) is 0.364. The molecule has 0 fully saturated rings. The van der Waals surface area contributed by atoms with Crippen molar-refractivity contribution >= 4 is 34.6 Å². The van der Waals surface area contributed by atoms with Crippen molar-refractivity contribution in [1.82, 2.24) is 30.8 Å². The Bertz CT molecular complexity index is 1150. The fourth-order valence-corrected chi connectivity index (χ4v) is 3.53. The standard InChI is InChI=1S/C22H27N7O4/c1-12-19(20(31)28-18(21(32)33)11-24-14(3)30)13(2)27-22(26-12)23-9-5-7-15-6-4-8-17-16(15)10-25-29-17/h4,6,8,10,18H,5,7,9,11H2,1-3H3,(H,24,30)(H,25,29)(H,28,31)(H,32,33)(H,23,26,27)/t18-/m0/s1. The number of aromatic nitrogens is 4. The molecule has 11 heteroatoms. The van der Waals surface area contributed by atoms with E-state index < -0.39 is 17.9 Å². The molecule has 3 aromatic rings. The Balaban J connectivity index is 1.59. The number of aromatic amines is 1. The van der Waals surface area contributed by atoms with Gasteiger partial charge in [-0.2, -0.15) is 5.10 Å². The van der Waals surface area contributed by atoms with Crippen LogP contribution in [-0.4, -0.2) is 62.2 Å². The number of hydrogen-bond acceptors (Lipinski definition) is 7. The number of H-pyrrole nitrogens is 1. The van der Waals surface area contributed by atoms with Crippen LogP contribution in [0.2, 0.25) is 0 Å². The molecule has 5 N–H and O–H groups in total. The lowest BCUT2D eigenvalue weighted by Gasteiger charge is -2.17. The number of fused-ring (bicyclic) bond motifs is 1. The van der Waals surface area contributed by atoms with Gasteiger partial charge in [-0.1, -0.05) is 12.1 Å². The molecule has 0 saturated heterocycles. The molecular weight excluding hydrogens is 426 g/mol. The molecule has 1 aromatic carbocycles. The molecule has 0 radical (unpaired) electrons. The summed E-state index contributed by atoms with van der Waals surface area (Å²) >= 11 is 0. The van der Waals surface area contributed by atoms with Gasteiger partial charge in [0.15, 0.2) is 0 Å². The molecule has 1 atom stereocenters. The molecule has 0 aliphatic heterocycles. The molecule has 2 amide bonds. The highest BCUT2D eigenvalue weighted by Gasteiger charge is 2.24. The van der Waals surface area contributed by atoms with Crippen LogP contribution in [0.25, 0.3) is 10.9 Å². The molecule has 33 heavy (non-hydrogen) atoms. The first kappa shape index (κ1) is 23.6. The summed E-state index contributed by atoms with van der Waals surface area (Å²) in [5.41, 5.74) is 3.27. The van der Waals surface area contributed by atoms with Crippen molar-refractivity contribution in [3.8, 4) is 0 Å². The van der Waals surface area contributed by atoms with Crippen LogP contribution in [-0.2, 0) is 16.0 Å². The molecule has 0 spiro atoms. The summed E-state index contributed by atoms with van der Waals surface area (Å²) in [5, 5.41) is 25.4. The van der Waals surface area contributed by atoms with E-state index in [4.69, 9.17) is 0 Å². The van der Waals surface area contributed by atoms with Crippen molar-refractivity contribution in [3.63, 3.8) is 0 Å². The van der Waals surface area contributed by atoms with Crippen LogP contribution in [0.15, 0.2) is 24.4 Å². The van der Waals surface area contributed by atoms with Gasteiger partial charge >= 0.3 is 5.97 Å². The topological polar surface area (TPSA) is 162 Å². The summed E-state index contributed by atoms with van der Waals surface area (Å²) in [6.45, 7) is 5.01. The van der Waals surface area contributed by atoms with Crippen molar-refractivity contribution in [2.75, 3.05) is 18.4 Å². The second kappa shape index (κ2) is 10.5. The Labute approximate surface area is 190 Å². The van der Waals surface area contributed by atoms with Crippen LogP contribution in [0.3, 0.4) is 0 Å². The summed E-state index contributed by atoms with van der Waals surface area (Å²) in [4.78, 5) is 43.8. The lowest BCUT2D eigenvalue weighted by Crippen LogP contribution is -2.48. The maximum Gasteiger partial charge on any atom is 0.328 e. The van der Waals surface area contributed by atoms with E-state index in [0.717, 1.165) is 23.7 Å².